The molecule has 2 aromatic heterocycles. The highest BCUT2D eigenvalue weighted by molar-refractivity contribution is 7.16. The second-order valence-corrected chi connectivity index (χ2v) is 9.30. The Bertz CT molecular complexity index is 831. The van der Waals surface area contributed by atoms with E-state index in [4.69, 9.17) is 5.73 Å². The van der Waals surface area contributed by atoms with Crippen LogP contribution in [0.4, 0.5) is 5.82 Å². The topological polar surface area (TPSA) is 84.1 Å². The van der Waals surface area contributed by atoms with E-state index in [0.29, 0.717) is 23.9 Å². The molecular formula is C20H28ClN5OS. The summed E-state index contributed by atoms with van der Waals surface area (Å²) in [6, 6.07) is 2.55. The average Bonchev–Trinajstić information content (AvgIpc) is 3.31. The zero-order chi connectivity index (χ0) is 18.4. The Balaban J connectivity index is 0.00000192. The van der Waals surface area contributed by atoms with Crippen LogP contribution in [0.25, 0.3) is 10.2 Å². The molecule has 3 aliphatic rings. The third kappa shape index (κ3) is 3.48. The van der Waals surface area contributed by atoms with Crippen molar-refractivity contribution in [3.8, 4) is 0 Å². The minimum absolute atomic E-state index is 0. The van der Waals surface area contributed by atoms with Gasteiger partial charge in [-0.15, -0.1) is 23.7 Å². The number of hydrogen-bond acceptors (Lipinski definition) is 6. The number of fused-ring (bicyclic) bond motifs is 3. The number of hydrogen-bond donors (Lipinski definition) is 2. The fraction of sp³-hybridized carbons (Fsp3) is 0.650. The van der Waals surface area contributed by atoms with Gasteiger partial charge in [0.15, 0.2) is 0 Å². The van der Waals surface area contributed by atoms with E-state index in [9.17, 15) is 4.79 Å². The van der Waals surface area contributed by atoms with Gasteiger partial charge in [0.1, 0.15) is 23.0 Å². The van der Waals surface area contributed by atoms with E-state index in [1.165, 1.54) is 19.3 Å². The van der Waals surface area contributed by atoms with Gasteiger partial charge in [0.05, 0.1) is 5.39 Å². The quantitative estimate of drug-likeness (QED) is 0.795. The van der Waals surface area contributed by atoms with Crippen molar-refractivity contribution >= 4 is 45.7 Å². The highest BCUT2D eigenvalue weighted by Gasteiger charge is 2.42. The Kier molecular flexibility index (Phi) is 5.76. The van der Waals surface area contributed by atoms with Crippen molar-refractivity contribution in [3.05, 3.63) is 17.8 Å². The Hall–Kier alpha value is -1.44. The summed E-state index contributed by atoms with van der Waals surface area (Å²) in [4.78, 5) is 25.3. The molecule has 2 aromatic rings. The fourth-order valence-electron chi connectivity index (χ4n) is 5.58. The van der Waals surface area contributed by atoms with Gasteiger partial charge in [-0.05, 0) is 61.8 Å². The Labute approximate surface area is 175 Å². The number of carbonyl (C=O) groups excluding carboxylic acids is 1. The van der Waals surface area contributed by atoms with Crippen LogP contribution in [0, 0.1) is 11.8 Å². The van der Waals surface area contributed by atoms with Crippen LogP contribution in [0.2, 0.25) is 0 Å². The first-order valence-electron chi connectivity index (χ1n) is 10.2. The van der Waals surface area contributed by atoms with Gasteiger partial charge in [-0.1, -0.05) is 6.42 Å². The van der Waals surface area contributed by atoms with Gasteiger partial charge in [-0.25, -0.2) is 9.97 Å². The monoisotopic (exact) mass is 421 g/mol. The molecule has 0 radical (unpaired) electrons. The molecule has 3 atom stereocenters. The van der Waals surface area contributed by atoms with E-state index in [0.717, 1.165) is 48.3 Å². The average molecular weight is 422 g/mol. The lowest BCUT2D eigenvalue weighted by Crippen LogP contribution is -2.56. The van der Waals surface area contributed by atoms with Crippen LogP contribution in [-0.4, -0.2) is 40.5 Å². The second kappa shape index (κ2) is 8.13. The van der Waals surface area contributed by atoms with Gasteiger partial charge in [-0.2, -0.15) is 0 Å². The van der Waals surface area contributed by atoms with Crippen LogP contribution in [0.15, 0.2) is 17.8 Å². The van der Waals surface area contributed by atoms with Crippen LogP contribution in [0.5, 0.6) is 0 Å². The summed E-state index contributed by atoms with van der Waals surface area (Å²) in [5.74, 6) is 2.18. The number of nitrogens with two attached hydrogens (primary N) is 1. The molecule has 0 aromatic carbocycles. The van der Waals surface area contributed by atoms with Crippen LogP contribution < -0.4 is 16.0 Å². The third-order valence-electron chi connectivity index (χ3n) is 6.75. The summed E-state index contributed by atoms with van der Waals surface area (Å²) in [5.41, 5.74) is 6.25. The van der Waals surface area contributed by atoms with Crippen LogP contribution in [0.1, 0.15) is 44.9 Å². The third-order valence-corrected chi connectivity index (χ3v) is 7.57. The van der Waals surface area contributed by atoms with Crippen molar-refractivity contribution in [2.24, 2.45) is 17.6 Å². The van der Waals surface area contributed by atoms with Crippen molar-refractivity contribution in [1.82, 2.24) is 15.3 Å². The normalized spacial score (nSPS) is 32.2. The van der Waals surface area contributed by atoms with Crippen LogP contribution in [0.3, 0.4) is 0 Å². The molecule has 6 nitrogen and oxygen atoms in total. The molecule has 2 bridgehead atoms. The molecule has 1 aliphatic heterocycles. The summed E-state index contributed by atoms with van der Waals surface area (Å²) in [5, 5.41) is 6.55. The molecule has 2 saturated carbocycles. The lowest BCUT2D eigenvalue weighted by Gasteiger charge is -2.45. The molecule has 8 heteroatoms. The highest BCUT2D eigenvalue weighted by Crippen LogP contribution is 2.40. The van der Waals surface area contributed by atoms with E-state index in [1.807, 2.05) is 5.38 Å². The number of anilines is 1. The van der Waals surface area contributed by atoms with E-state index >= 15 is 0 Å². The molecule has 152 valence electrons. The van der Waals surface area contributed by atoms with Crippen molar-refractivity contribution in [2.45, 2.75) is 63.1 Å². The van der Waals surface area contributed by atoms with Crippen molar-refractivity contribution < 1.29 is 4.79 Å². The largest absolute Gasteiger partial charge is 0.351 e. The smallest absolute Gasteiger partial charge is 0.242 e. The van der Waals surface area contributed by atoms with Crippen LogP contribution in [-0.2, 0) is 4.79 Å². The second-order valence-electron chi connectivity index (χ2n) is 8.41. The SMILES string of the molecule is Cl.NC1CC2CCCC(C1)C2NC(=O)C1CCCN1c1ncnc2sccc12. The van der Waals surface area contributed by atoms with Crippen molar-refractivity contribution in [2.75, 3.05) is 11.4 Å². The predicted molar refractivity (Wildman–Crippen MR) is 115 cm³/mol. The molecule has 3 N–H and O–H groups in total. The standard InChI is InChI=1S/C20H27N5OS.ClH/c21-14-9-12-3-1-4-13(10-14)17(12)24-19(26)16-5-2-7-25(16)18-15-6-8-27-20(15)23-11-22-18;/h6,8,11-14,16-17H,1-5,7,9-10,21H2,(H,24,26);1H. The number of amides is 1. The minimum atomic E-state index is -0.126. The maximum Gasteiger partial charge on any atom is 0.242 e. The van der Waals surface area contributed by atoms with Gasteiger partial charge in [-0.3, -0.25) is 4.79 Å². The number of halogens is 1. The molecule has 0 spiro atoms. The summed E-state index contributed by atoms with van der Waals surface area (Å²) >= 11 is 1.62. The van der Waals surface area contributed by atoms with Gasteiger partial charge in [0, 0.05) is 18.6 Å². The molecular weight excluding hydrogens is 394 g/mol. The Morgan fingerprint density at radius 1 is 1.18 bits per heavy atom. The molecule has 3 fully saturated rings. The van der Waals surface area contributed by atoms with Gasteiger partial charge in [0.2, 0.25) is 5.91 Å². The number of nitrogens with one attached hydrogen (secondary N) is 1. The number of aromatic nitrogens is 2. The summed E-state index contributed by atoms with van der Waals surface area (Å²) < 4.78 is 0. The van der Waals surface area contributed by atoms with Gasteiger partial charge < -0.3 is 16.0 Å². The molecule has 1 amide bonds. The maximum absolute atomic E-state index is 13.3. The maximum atomic E-state index is 13.3. The molecule has 28 heavy (non-hydrogen) atoms. The number of nitrogens with zero attached hydrogens (tertiary/aromatic N) is 3. The van der Waals surface area contributed by atoms with E-state index in [-0.39, 0.29) is 24.4 Å². The first kappa shape index (κ1) is 19.9. The number of carbonyl (C=O) groups is 1. The minimum Gasteiger partial charge on any atom is -0.351 e. The predicted octanol–water partition coefficient (Wildman–Crippen LogP) is 3.10. The highest BCUT2D eigenvalue weighted by atomic mass is 35.5. The molecule has 5 rings (SSSR count). The summed E-state index contributed by atoms with van der Waals surface area (Å²) in [6.45, 7) is 0.877. The van der Waals surface area contributed by atoms with Gasteiger partial charge in [0.25, 0.3) is 0 Å². The van der Waals surface area contributed by atoms with E-state index in [2.05, 4.69) is 26.3 Å². The van der Waals surface area contributed by atoms with E-state index < -0.39 is 0 Å². The van der Waals surface area contributed by atoms with Crippen molar-refractivity contribution in [3.63, 3.8) is 0 Å². The van der Waals surface area contributed by atoms with E-state index in [1.54, 1.807) is 17.7 Å². The number of thiophene rings is 1. The molecule has 3 unspecified atom stereocenters. The number of rotatable bonds is 3. The van der Waals surface area contributed by atoms with Crippen molar-refractivity contribution in [1.29, 1.82) is 0 Å². The fourth-order valence-corrected chi connectivity index (χ4v) is 6.31. The van der Waals surface area contributed by atoms with Crippen LogP contribution >= 0.6 is 23.7 Å². The molecule has 1 saturated heterocycles. The Morgan fingerprint density at radius 3 is 2.75 bits per heavy atom. The summed E-state index contributed by atoms with van der Waals surface area (Å²) in [7, 11) is 0. The first-order valence-corrected chi connectivity index (χ1v) is 11.1. The first-order chi connectivity index (χ1) is 13.2. The lowest BCUT2D eigenvalue weighted by molar-refractivity contribution is -0.124. The lowest BCUT2D eigenvalue weighted by atomic mass is 9.67. The summed E-state index contributed by atoms with van der Waals surface area (Å²) in [6.07, 6.45) is 9.32. The zero-order valence-corrected chi connectivity index (χ0v) is 17.6. The molecule has 2 aliphatic carbocycles. The zero-order valence-electron chi connectivity index (χ0n) is 15.9. The Morgan fingerprint density at radius 2 is 1.96 bits per heavy atom. The molecule has 3 heterocycles. The van der Waals surface area contributed by atoms with Gasteiger partial charge >= 0.3 is 0 Å².